The van der Waals surface area contributed by atoms with Crippen LogP contribution in [-0.2, 0) is 0 Å². The number of aromatic amines is 1. The second-order valence-corrected chi connectivity index (χ2v) is 6.82. The first-order valence-corrected chi connectivity index (χ1v) is 9.46. The summed E-state index contributed by atoms with van der Waals surface area (Å²) in [4.78, 5) is 19.2. The maximum atomic E-state index is 12.1. The van der Waals surface area contributed by atoms with Gasteiger partial charge in [0.05, 0.1) is 18.4 Å². The average Bonchev–Trinajstić information content (AvgIpc) is 3.54. The molecule has 2 aromatic carbocycles. The molecule has 0 atom stereocenters. The molecule has 0 aliphatic carbocycles. The first kappa shape index (κ1) is 18.6. The van der Waals surface area contributed by atoms with Gasteiger partial charge in [0.25, 0.3) is 5.89 Å². The Hall–Kier alpha value is -4.40. The number of aromatic nitrogens is 5. The second-order valence-electron chi connectivity index (χ2n) is 6.82. The summed E-state index contributed by atoms with van der Waals surface area (Å²) < 4.78 is 17.8. The quantitative estimate of drug-likeness (QED) is 0.464. The number of para-hydroxylation sites is 1. The molecule has 0 amide bonds. The molecule has 31 heavy (non-hydrogen) atoms. The summed E-state index contributed by atoms with van der Waals surface area (Å²) in [6.07, 6.45) is 1.66. The van der Waals surface area contributed by atoms with Gasteiger partial charge in [0, 0.05) is 23.5 Å². The van der Waals surface area contributed by atoms with E-state index in [-0.39, 0.29) is 11.6 Å². The first-order valence-electron chi connectivity index (χ1n) is 9.46. The molecule has 3 aromatic heterocycles. The molecule has 5 aromatic rings. The molecule has 0 unspecified atom stereocenters. The number of aryl methyl sites for hydroxylation is 1. The predicted octanol–water partition coefficient (Wildman–Crippen LogP) is 3.85. The highest BCUT2D eigenvalue weighted by molar-refractivity contribution is 5.69. The Labute approximate surface area is 175 Å². The van der Waals surface area contributed by atoms with Crippen molar-refractivity contribution < 1.29 is 13.8 Å². The van der Waals surface area contributed by atoms with Crippen molar-refractivity contribution in [3.05, 3.63) is 77.0 Å². The van der Waals surface area contributed by atoms with Gasteiger partial charge in [-0.3, -0.25) is 4.57 Å². The Morgan fingerprint density at radius 2 is 1.90 bits per heavy atom. The molecule has 3 heterocycles. The van der Waals surface area contributed by atoms with E-state index in [0.29, 0.717) is 34.3 Å². The normalized spacial score (nSPS) is 11.0. The van der Waals surface area contributed by atoms with E-state index in [1.54, 1.807) is 23.9 Å². The Morgan fingerprint density at radius 3 is 2.71 bits per heavy atom. The number of rotatable bonds is 5. The number of nitrogens with zero attached hydrogens (tertiary/aromatic N) is 4. The number of benzene rings is 2. The van der Waals surface area contributed by atoms with Crippen molar-refractivity contribution in [3.63, 3.8) is 0 Å². The van der Waals surface area contributed by atoms with E-state index in [1.807, 2.05) is 55.5 Å². The lowest BCUT2D eigenvalue weighted by atomic mass is 10.1. The Balaban J connectivity index is 1.47. The Bertz CT molecular complexity index is 1430. The van der Waals surface area contributed by atoms with Gasteiger partial charge in [0.1, 0.15) is 5.75 Å². The lowest BCUT2D eigenvalue weighted by Gasteiger charge is -2.04. The summed E-state index contributed by atoms with van der Waals surface area (Å²) in [5.74, 6) is 1.79. The fraction of sp³-hybridized carbons (Fsp3) is 0.0909. The molecular formula is C22H17N5O4. The summed E-state index contributed by atoms with van der Waals surface area (Å²) in [5.41, 5.74) is 3.16. The first-order chi connectivity index (χ1) is 15.1. The molecule has 9 heteroatoms. The van der Waals surface area contributed by atoms with Gasteiger partial charge in [-0.25, -0.2) is 4.79 Å². The van der Waals surface area contributed by atoms with Crippen molar-refractivity contribution in [1.82, 2.24) is 24.8 Å². The summed E-state index contributed by atoms with van der Waals surface area (Å²) in [6.45, 7) is 1.85. The molecule has 0 radical (unpaired) electrons. The maximum absolute atomic E-state index is 12.1. The van der Waals surface area contributed by atoms with Gasteiger partial charge in [0.15, 0.2) is 11.5 Å². The highest BCUT2D eigenvalue weighted by atomic mass is 16.5. The van der Waals surface area contributed by atoms with E-state index in [1.165, 1.54) is 0 Å². The van der Waals surface area contributed by atoms with Crippen LogP contribution in [0.3, 0.4) is 0 Å². The number of ether oxygens (including phenoxy) is 1. The molecular weight excluding hydrogens is 398 g/mol. The van der Waals surface area contributed by atoms with Crippen LogP contribution in [0.25, 0.3) is 40.0 Å². The van der Waals surface area contributed by atoms with Crippen LogP contribution in [0.4, 0.5) is 0 Å². The van der Waals surface area contributed by atoms with Gasteiger partial charge < -0.3 is 18.8 Å². The SMILES string of the molecule is COc1ccccc1-c1cc(-c2nc(-c3cccc(-n4c(C)c[nH]c4=O)c3)no2)no1. The molecule has 1 N–H and O–H groups in total. The summed E-state index contributed by atoms with van der Waals surface area (Å²) in [5, 5.41) is 8.11. The van der Waals surface area contributed by atoms with Gasteiger partial charge in [-0.15, -0.1) is 0 Å². The summed E-state index contributed by atoms with van der Waals surface area (Å²) in [6, 6.07) is 16.5. The molecule has 0 saturated carbocycles. The minimum atomic E-state index is -0.213. The van der Waals surface area contributed by atoms with E-state index in [4.69, 9.17) is 13.8 Å². The number of H-pyrrole nitrogens is 1. The molecule has 154 valence electrons. The number of nitrogens with one attached hydrogen (secondary N) is 1. The predicted molar refractivity (Wildman–Crippen MR) is 112 cm³/mol. The summed E-state index contributed by atoms with van der Waals surface area (Å²) in [7, 11) is 1.59. The third-order valence-corrected chi connectivity index (χ3v) is 4.85. The number of hydrogen-bond acceptors (Lipinski definition) is 7. The highest BCUT2D eigenvalue weighted by Crippen LogP contribution is 2.32. The van der Waals surface area contributed by atoms with Gasteiger partial charge in [0.2, 0.25) is 5.82 Å². The van der Waals surface area contributed by atoms with Crippen LogP contribution < -0.4 is 10.4 Å². The number of imidazole rings is 1. The van der Waals surface area contributed by atoms with Crippen LogP contribution in [0.1, 0.15) is 5.69 Å². The monoisotopic (exact) mass is 415 g/mol. The molecule has 0 saturated heterocycles. The Kier molecular flexibility index (Phi) is 4.47. The molecule has 0 aliphatic heterocycles. The van der Waals surface area contributed by atoms with Crippen molar-refractivity contribution in [2.45, 2.75) is 6.92 Å². The average molecular weight is 415 g/mol. The minimum absolute atomic E-state index is 0.213. The lowest BCUT2D eigenvalue weighted by molar-refractivity contribution is 0.402. The zero-order valence-electron chi connectivity index (χ0n) is 16.7. The van der Waals surface area contributed by atoms with Crippen LogP contribution in [0, 0.1) is 6.92 Å². The maximum Gasteiger partial charge on any atom is 0.330 e. The Morgan fingerprint density at radius 1 is 1.03 bits per heavy atom. The molecule has 0 aliphatic rings. The van der Waals surface area contributed by atoms with Gasteiger partial charge in [-0.2, -0.15) is 4.98 Å². The van der Waals surface area contributed by atoms with Crippen molar-refractivity contribution >= 4 is 0 Å². The molecule has 0 fully saturated rings. The van der Waals surface area contributed by atoms with Crippen LogP contribution in [0.5, 0.6) is 5.75 Å². The van der Waals surface area contributed by atoms with E-state index in [9.17, 15) is 4.79 Å². The van der Waals surface area contributed by atoms with E-state index in [0.717, 1.165) is 11.3 Å². The second kappa shape index (κ2) is 7.45. The topological polar surface area (TPSA) is 112 Å². The highest BCUT2D eigenvalue weighted by Gasteiger charge is 2.18. The van der Waals surface area contributed by atoms with Gasteiger partial charge in [-0.05, 0) is 31.2 Å². The molecule has 5 rings (SSSR count). The molecule has 0 spiro atoms. The summed E-state index contributed by atoms with van der Waals surface area (Å²) >= 11 is 0. The largest absolute Gasteiger partial charge is 0.496 e. The van der Waals surface area contributed by atoms with Gasteiger partial charge >= 0.3 is 5.69 Å². The van der Waals surface area contributed by atoms with Crippen LogP contribution >= 0.6 is 0 Å². The molecule has 9 nitrogen and oxygen atoms in total. The minimum Gasteiger partial charge on any atom is -0.496 e. The fourth-order valence-corrected chi connectivity index (χ4v) is 3.36. The van der Waals surface area contributed by atoms with Crippen molar-refractivity contribution in [2.75, 3.05) is 7.11 Å². The molecule has 0 bridgehead atoms. The van der Waals surface area contributed by atoms with E-state index in [2.05, 4.69) is 20.3 Å². The zero-order valence-corrected chi connectivity index (χ0v) is 16.7. The van der Waals surface area contributed by atoms with E-state index < -0.39 is 0 Å². The fourth-order valence-electron chi connectivity index (χ4n) is 3.36. The number of hydrogen-bond donors (Lipinski definition) is 1. The van der Waals surface area contributed by atoms with Crippen LogP contribution in [0.15, 0.2) is 74.6 Å². The van der Waals surface area contributed by atoms with Crippen molar-refractivity contribution in [1.29, 1.82) is 0 Å². The van der Waals surface area contributed by atoms with Crippen LogP contribution in [0.2, 0.25) is 0 Å². The third-order valence-electron chi connectivity index (χ3n) is 4.85. The zero-order chi connectivity index (χ0) is 21.4. The van der Waals surface area contributed by atoms with Crippen molar-refractivity contribution in [2.24, 2.45) is 0 Å². The smallest absolute Gasteiger partial charge is 0.330 e. The third kappa shape index (κ3) is 3.31. The standard InChI is InChI=1S/C22H17N5O4/c1-13-12-23-22(28)27(13)15-7-5-6-14(10-15)20-24-21(31-26-20)17-11-19(30-25-17)16-8-3-4-9-18(16)29-2/h3-12H,1-2H3,(H,23,28). The van der Waals surface area contributed by atoms with Crippen molar-refractivity contribution in [3.8, 4) is 45.7 Å². The van der Waals surface area contributed by atoms with Gasteiger partial charge in [-0.1, -0.05) is 34.6 Å². The van der Waals surface area contributed by atoms with E-state index >= 15 is 0 Å². The van der Waals surface area contributed by atoms with Crippen LogP contribution in [-0.4, -0.2) is 32.0 Å². The number of methoxy groups -OCH3 is 1. The lowest BCUT2D eigenvalue weighted by Crippen LogP contribution is -2.15.